The molecule has 1 unspecified atom stereocenters. The molecule has 0 saturated heterocycles. The van der Waals surface area contributed by atoms with Crippen LogP contribution in [0, 0.1) is 6.92 Å². The molecule has 0 radical (unpaired) electrons. The summed E-state index contributed by atoms with van der Waals surface area (Å²) < 4.78 is 17.5. The molecular formula is C25H26N2O3S. The molecule has 4 rings (SSSR count). The van der Waals surface area contributed by atoms with Gasteiger partial charge < -0.3 is 19.5 Å². The molecule has 0 saturated carbocycles. The Labute approximate surface area is 186 Å². The molecule has 1 aliphatic heterocycles. The van der Waals surface area contributed by atoms with Crippen molar-refractivity contribution in [1.29, 1.82) is 0 Å². The monoisotopic (exact) mass is 434 g/mol. The van der Waals surface area contributed by atoms with E-state index < -0.39 is 11.2 Å². The molecule has 0 bridgehead atoms. The SMILES string of the molecule is Cc1cccc(N2CCCOc3cc(C(=O)NCc4ccc([S+](C)[O-])cc4)ccc32)c1. The summed E-state index contributed by atoms with van der Waals surface area (Å²) >= 11 is -1.01. The van der Waals surface area contributed by atoms with Crippen LogP contribution in [0.5, 0.6) is 5.75 Å². The van der Waals surface area contributed by atoms with Crippen LogP contribution in [0.3, 0.4) is 0 Å². The first-order valence-corrected chi connectivity index (χ1v) is 11.9. The van der Waals surface area contributed by atoms with Crippen molar-refractivity contribution in [3.8, 4) is 5.75 Å². The van der Waals surface area contributed by atoms with Crippen LogP contribution in [0.25, 0.3) is 0 Å². The number of amides is 1. The van der Waals surface area contributed by atoms with Crippen LogP contribution in [0.4, 0.5) is 11.4 Å². The van der Waals surface area contributed by atoms with Gasteiger partial charge in [0.1, 0.15) is 12.0 Å². The number of rotatable bonds is 5. The lowest BCUT2D eigenvalue weighted by Gasteiger charge is -2.24. The van der Waals surface area contributed by atoms with Gasteiger partial charge in [0.2, 0.25) is 0 Å². The highest BCUT2D eigenvalue weighted by molar-refractivity contribution is 7.90. The highest BCUT2D eigenvalue weighted by Crippen LogP contribution is 2.37. The summed E-state index contributed by atoms with van der Waals surface area (Å²) in [5.41, 5.74) is 4.83. The Bertz CT molecular complexity index is 1070. The molecule has 1 aliphatic rings. The fraction of sp³-hybridized carbons (Fsp3) is 0.240. The number of benzene rings is 3. The van der Waals surface area contributed by atoms with Crippen molar-refractivity contribution < 1.29 is 14.1 Å². The van der Waals surface area contributed by atoms with Gasteiger partial charge in [-0.2, -0.15) is 0 Å². The van der Waals surface area contributed by atoms with Crippen LogP contribution >= 0.6 is 0 Å². The third-order valence-corrected chi connectivity index (χ3v) is 6.25. The maximum absolute atomic E-state index is 12.7. The number of carbonyl (C=O) groups excluding carboxylic acids is 1. The zero-order chi connectivity index (χ0) is 21.8. The molecule has 31 heavy (non-hydrogen) atoms. The highest BCUT2D eigenvalue weighted by Gasteiger charge is 2.20. The molecule has 3 aromatic carbocycles. The first-order valence-electron chi connectivity index (χ1n) is 10.3. The number of ether oxygens (including phenoxy) is 1. The minimum Gasteiger partial charge on any atom is -0.612 e. The second-order valence-electron chi connectivity index (χ2n) is 7.66. The molecule has 160 valence electrons. The Morgan fingerprint density at radius 3 is 2.68 bits per heavy atom. The lowest BCUT2D eigenvalue weighted by molar-refractivity contribution is 0.0950. The summed E-state index contributed by atoms with van der Waals surface area (Å²) in [5, 5.41) is 2.95. The largest absolute Gasteiger partial charge is 0.612 e. The number of hydrogen-bond acceptors (Lipinski definition) is 4. The molecule has 5 nitrogen and oxygen atoms in total. The topological polar surface area (TPSA) is 64.6 Å². The second kappa shape index (κ2) is 9.45. The minimum absolute atomic E-state index is 0.152. The standard InChI is InChI=1S/C25H26N2O3S/c1-18-5-3-6-21(15-18)27-13-4-14-30-24-16-20(9-12-23(24)27)25(28)26-17-19-7-10-22(11-8-19)31(2)29/h3,5-12,15-16H,4,13-14,17H2,1-2H3,(H,26,28). The van der Waals surface area contributed by atoms with E-state index in [1.807, 2.05) is 42.5 Å². The first kappa shape index (κ1) is 21.3. The van der Waals surface area contributed by atoms with E-state index in [-0.39, 0.29) is 5.91 Å². The van der Waals surface area contributed by atoms with Gasteiger partial charge in [0, 0.05) is 24.3 Å². The van der Waals surface area contributed by atoms with Crippen LogP contribution in [-0.2, 0) is 17.7 Å². The third-order valence-electron chi connectivity index (χ3n) is 5.32. The quantitative estimate of drug-likeness (QED) is 0.597. The van der Waals surface area contributed by atoms with Gasteiger partial charge in [-0.25, -0.2) is 0 Å². The van der Waals surface area contributed by atoms with E-state index in [1.165, 1.54) is 5.56 Å². The van der Waals surface area contributed by atoms with Gasteiger partial charge >= 0.3 is 0 Å². The van der Waals surface area contributed by atoms with Crippen LogP contribution < -0.4 is 15.0 Å². The number of aryl methyl sites for hydroxylation is 1. The maximum Gasteiger partial charge on any atom is 0.251 e. The van der Waals surface area contributed by atoms with Crippen LogP contribution in [-0.4, -0.2) is 29.9 Å². The third kappa shape index (κ3) is 5.03. The zero-order valence-corrected chi connectivity index (χ0v) is 18.6. The Balaban J connectivity index is 1.50. The molecule has 0 fully saturated rings. The predicted molar refractivity (Wildman–Crippen MR) is 125 cm³/mol. The van der Waals surface area contributed by atoms with Crippen molar-refractivity contribution in [3.05, 3.63) is 83.4 Å². The second-order valence-corrected chi connectivity index (χ2v) is 9.04. The minimum atomic E-state index is -1.01. The van der Waals surface area contributed by atoms with Gasteiger partial charge in [0.25, 0.3) is 5.91 Å². The molecule has 1 atom stereocenters. The van der Waals surface area contributed by atoms with Gasteiger partial charge in [0.05, 0.1) is 12.3 Å². The van der Waals surface area contributed by atoms with Crippen molar-refractivity contribution in [2.24, 2.45) is 0 Å². The van der Waals surface area contributed by atoms with E-state index in [0.717, 1.165) is 40.5 Å². The summed E-state index contributed by atoms with van der Waals surface area (Å²) in [6.07, 6.45) is 2.56. The summed E-state index contributed by atoms with van der Waals surface area (Å²) in [5.74, 6) is 0.572. The Kier molecular flexibility index (Phi) is 6.49. The van der Waals surface area contributed by atoms with E-state index in [4.69, 9.17) is 4.74 Å². The smallest absolute Gasteiger partial charge is 0.251 e. The number of hydrogen-bond donors (Lipinski definition) is 1. The van der Waals surface area contributed by atoms with Crippen molar-refractivity contribution >= 4 is 28.5 Å². The van der Waals surface area contributed by atoms with Crippen molar-refractivity contribution in [2.75, 3.05) is 24.3 Å². The number of anilines is 2. The molecule has 1 amide bonds. The van der Waals surface area contributed by atoms with Crippen molar-refractivity contribution in [2.45, 2.75) is 24.8 Å². The summed E-state index contributed by atoms with van der Waals surface area (Å²) in [6.45, 7) is 3.97. The van der Waals surface area contributed by atoms with Gasteiger partial charge in [0.15, 0.2) is 4.90 Å². The summed E-state index contributed by atoms with van der Waals surface area (Å²) in [6, 6.07) is 21.5. The van der Waals surface area contributed by atoms with E-state index in [2.05, 4.69) is 41.4 Å². The van der Waals surface area contributed by atoms with E-state index in [1.54, 1.807) is 6.26 Å². The van der Waals surface area contributed by atoms with E-state index >= 15 is 0 Å². The molecular weight excluding hydrogens is 408 g/mol. The van der Waals surface area contributed by atoms with E-state index in [0.29, 0.717) is 18.7 Å². The molecule has 1 N–H and O–H groups in total. The Morgan fingerprint density at radius 2 is 1.94 bits per heavy atom. The summed E-state index contributed by atoms with van der Waals surface area (Å²) in [4.78, 5) is 15.8. The normalized spacial score (nSPS) is 14.2. The fourth-order valence-corrected chi connectivity index (χ4v) is 4.19. The number of nitrogens with one attached hydrogen (secondary N) is 1. The average Bonchev–Trinajstić information content (AvgIpc) is 2.99. The van der Waals surface area contributed by atoms with Crippen LogP contribution in [0.2, 0.25) is 0 Å². The molecule has 6 heteroatoms. The van der Waals surface area contributed by atoms with Crippen LogP contribution in [0.1, 0.15) is 27.9 Å². The lowest BCUT2D eigenvalue weighted by Crippen LogP contribution is -2.23. The van der Waals surface area contributed by atoms with Gasteiger partial charge in [-0.15, -0.1) is 0 Å². The number of fused-ring (bicyclic) bond motifs is 1. The molecule has 3 aromatic rings. The van der Waals surface area contributed by atoms with Gasteiger partial charge in [-0.3, -0.25) is 4.79 Å². The predicted octanol–water partition coefficient (Wildman–Crippen LogP) is 4.58. The fourth-order valence-electron chi connectivity index (χ4n) is 3.67. The van der Waals surface area contributed by atoms with Gasteiger partial charge in [-0.05, 0) is 78.1 Å². The van der Waals surface area contributed by atoms with E-state index in [9.17, 15) is 9.35 Å². The molecule has 1 heterocycles. The number of carbonyl (C=O) groups is 1. The first-order chi connectivity index (χ1) is 15.0. The molecule has 0 aromatic heterocycles. The highest BCUT2D eigenvalue weighted by atomic mass is 32.2. The van der Waals surface area contributed by atoms with Crippen molar-refractivity contribution in [3.63, 3.8) is 0 Å². The zero-order valence-electron chi connectivity index (χ0n) is 17.8. The summed E-state index contributed by atoms with van der Waals surface area (Å²) in [7, 11) is 0. The molecule has 0 aliphatic carbocycles. The van der Waals surface area contributed by atoms with Crippen LogP contribution in [0.15, 0.2) is 71.6 Å². The Morgan fingerprint density at radius 1 is 1.13 bits per heavy atom. The Hall–Kier alpha value is -2.96. The lowest BCUT2D eigenvalue weighted by atomic mass is 10.1. The van der Waals surface area contributed by atoms with Gasteiger partial charge in [-0.1, -0.05) is 24.3 Å². The van der Waals surface area contributed by atoms with Crippen molar-refractivity contribution in [1.82, 2.24) is 5.32 Å². The maximum atomic E-state index is 12.7. The average molecular weight is 435 g/mol. The molecule has 0 spiro atoms. The number of nitrogens with zero attached hydrogens (tertiary/aromatic N) is 1.